The number of amides is 1. The number of aromatic amines is 1. The molecule has 1 aliphatic heterocycles. The van der Waals surface area contributed by atoms with Crippen LogP contribution in [0.5, 0.6) is 0 Å². The number of unbranched alkanes of at least 4 members (excludes halogenated alkanes) is 1. The molecule has 0 atom stereocenters. The van der Waals surface area contributed by atoms with Crippen LogP contribution in [-0.2, 0) is 9.53 Å². The first-order valence-electron chi connectivity index (χ1n) is 10.5. The molecule has 0 spiro atoms. The van der Waals surface area contributed by atoms with Gasteiger partial charge in [0, 0.05) is 30.5 Å². The van der Waals surface area contributed by atoms with Gasteiger partial charge in [0.1, 0.15) is 0 Å². The van der Waals surface area contributed by atoms with Gasteiger partial charge in [0.25, 0.3) is 5.56 Å². The summed E-state index contributed by atoms with van der Waals surface area (Å²) < 4.78 is 5.35. The van der Waals surface area contributed by atoms with Crippen LogP contribution in [0.15, 0.2) is 47.3 Å². The topological polar surface area (TPSA) is 87.3 Å². The van der Waals surface area contributed by atoms with Gasteiger partial charge in [0.2, 0.25) is 5.91 Å². The normalized spacial score (nSPS) is 14.2. The van der Waals surface area contributed by atoms with Crippen molar-refractivity contribution in [1.82, 2.24) is 15.1 Å². The van der Waals surface area contributed by atoms with E-state index in [0.717, 1.165) is 56.6 Å². The Labute approximate surface area is 197 Å². The first kappa shape index (κ1) is 24.2. The predicted molar refractivity (Wildman–Crippen MR) is 130 cm³/mol. The summed E-state index contributed by atoms with van der Waals surface area (Å²) in [4.78, 5) is 26.9. The van der Waals surface area contributed by atoms with Crippen molar-refractivity contribution in [3.05, 3.63) is 57.8 Å². The van der Waals surface area contributed by atoms with E-state index in [-0.39, 0.29) is 23.9 Å². The van der Waals surface area contributed by atoms with Crippen LogP contribution < -0.4 is 10.9 Å². The van der Waals surface area contributed by atoms with Crippen LogP contribution in [0, 0.1) is 0 Å². The summed E-state index contributed by atoms with van der Waals surface area (Å²) in [5.41, 5.74) is 1.70. The standard InChI is InChI=1S/C23H25ClN4O3.ClH/c24-19-9-8-16(22-17-5-1-2-6-18(17)23(30)27-26-22)15-20(19)25-21(29)7-3-4-10-28-11-13-31-14-12-28;/h1-2,5-6,8-9,15H,3-4,7,10-14H2,(H,25,29)(H,27,30);1H. The minimum atomic E-state index is -0.237. The molecule has 1 aromatic heterocycles. The van der Waals surface area contributed by atoms with Crippen LogP contribution in [0.25, 0.3) is 22.0 Å². The summed E-state index contributed by atoms with van der Waals surface area (Å²) in [6.45, 7) is 4.48. The van der Waals surface area contributed by atoms with Gasteiger partial charge >= 0.3 is 0 Å². The van der Waals surface area contributed by atoms with Crippen molar-refractivity contribution < 1.29 is 9.53 Å². The van der Waals surface area contributed by atoms with Gasteiger partial charge in [-0.1, -0.05) is 35.9 Å². The van der Waals surface area contributed by atoms with Crippen LogP contribution in [0.2, 0.25) is 5.02 Å². The Morgan fingerprint density at radius 2 is 1.88 bits per heavy atom. The number of benzene rings is 2. The van der Waals surface area contributed by atoms with E-state index in [2.05, 4.69) is 20.4 Å². The third-order valence-electron chi connectivity index (χ3n) is 5.44. The minimum Gasteiger partial charge on any atom is -0.379 e. The Balaban J connectivity index is 0.00000289. The number of nitrogens with one attached hydrogen (secondary N) is 2. The average molecular weight is 477 g/mol. The molecule has 0 aliphatic carbocycles. The lowest BCUT2D eigenvalue weighted by molar-refractivity contribution is -0.116. The molecule has 2 heterocycles. The van der Waals surface area contributed by atoms with E-state index in [1.54, 1.807) is 18.2 Å². The predicted octanol–water partition coefficient (Wildman–Crippen LogP) is 4.11. The SMILES string of the molecule is Cl.O=C(CCCCN1CCOCC1)Nc1cc(-c2n[nH]c(=O)c3ccccc23)ccc1Cl. The molecule has 9 heteroatoms. The van der Waals surface area contributed by atoms with Crippen molar-refractivity contribution in [2.45, 2.75) is 19.3 Å². The fraction of sp³-hybridized carbons (Fsp3) is 0.348. The number of carbonyl (C=O) groups excluding carboxylic acids is 1. The van der Waals surface area contributed by atoms with Gasteiger partial charge in [-0.25, -0.2) is 5.10 Å². The van der Waals surface area contributed by atoms with Crippen LogP contribution in [-0.4, -0.2) is 53.9 Å². The zero-order valence-corrected chi connectivity index (χ0v) is 19.2. The summed E-state index contributed by atoms with van der Waals surface area (Å²) >= 11 is 6.32. The first-order chi connectivity index (χ1) is 15.1. The van der Waals surface area contributed by atoms with E-state index in [0.29, 0.717) is 28.2 Å². The fourth-order valence-electron chi connectivity index (χ4n) is 3.76. The molecule has 0 bridgehead atoms. The average Bonchev–Trinajstić information content (AvgIpc) is 2.80. The van der Waals surface area contributed by atoms with Gasteiger partial charge in [-0.3, -0.25) is 14.5 Å². The third-order valence-corrected chi connectivity index (χ3v) is 5.77. The lowest BCUT2D eigenvalue weighted by Gasteiger charge is -2.26. The maximum absolute atomic E-state index is 12.5. The zero-order chi connectivity index (χ0) is 21.6. The lowest BCUT2D eigenvalue weighted by Crippen LogP contribution is -2.36. The second-order valence-electron chi connectivity index (χ2n) is 7.60. The van der Waals surface area contributed by atoms with Crippen LogP contribution >= 0.6 is 24.0 Å². The summed E-state index contributed by atoms with van der Waals surface area (Å²) in [5.74, 6) is -0.0692. The quantitative estimate of drug-likeness (QED) is 0.501. The van der Waals surface area contributed by atoms with Gasteiger partial charge in [0.15, 0.2) is 0 Å². The molecular weight excluding hydrogens is 451 g/mol. The number of hydrogen-bond donors (Lipinski definition) is 2. The highest BCUT2D eigenvalue weighted by atomic mass is 35.5. The van der Waals surface area contributed by atoms with E-state index in [1.165, 1.54) is 0 Å². The molecule has 1 fully saturated rings. The maximum Gasteiger partial charge on any atom is 0.272 e. The molecule has 1 amide bonds. The molecule has 0 saturated carbocycles. The minimum absolute atomic E-state index is 0. The van der Waals surface area contributed by atoms with Gasteiger partial charge < -0.3 is 10.1 Å². The van der Waals surface area contributed by atoms with Gasteiger partial charge in [0.05, 0.1) is 35.0 Å². The number of morpholine rings is 1. The molecule has 32 heavy (non-hydrogen) atoms. The van der Waals surface area contributed by atoms with E-state index < -0.39 is 0 Å². The van der Waals surface area contributed by atoms with Gasteiger partial charge in [-0.15, -0.1) is 12.4 Å². The Morgan fingerprint density at radius 3 is 2.66 bits per heavy atom. The Bertz CT molecular complexity index is 1130. The van der Waals surface area contributed by atoms with Crippen molar-refractivity contribution in [2.24, 2.45) is 0 Å². The smallest absolute Gasteiger partial charge is 0.272 e. The molecule has 7 nitrogen and oxygen atoms in total. The number of carbonyl (C=O) groups is 1. The number of rotatable bonds is 7. The van der Waals surface area contributed by atoms with Crippen molar-refractivity contribution in [2.75, 3.05) is 38.2 Å². The largest absolute Gasteiger partial charge is 0.379 e. The van der Waals surface area contributed by atoms with Crippen molar-refractivity contribution in [3.63, 3.8) is 0 Å². The second kappa shape index (κ2) is 11.4. The van der Waals surface area contributed by atoms with Crippen molar-refractivity contribution in [3.8, 4) is 11.3 Å². The van der Waals surface area contributed by atoms with Gasteiger partial charge in [-0.05, 0) is 37.6 Å². The molecule has 0 unspecified atom stereocenters. The van der Waals surface area contributed by atoms with E-state index in [1.807, 2.05) is 24.3 Å². The molecule has 2 N–H and O–H groups in total. The highest BCUT2D eigenvalue weighted by Gasteiger charge is 2.13. The van der Waals surface area contributed by atoms with Crippen LogP contribution in [0.1, 0.15) is 19.3 Å². The maximum atomic E-state index is 12.5. The number of nitrogens with zero attached hydrogens (tertiary/aromatic N) is 2. The molecule has 1 aliphatic rings. The number of H-pyrrole nitrogens is 1. The van der Waals surface area contributed by atoms with Gasteiger partial charge in [-0.2, -0.15) is 5.10 Å². The summed E-state index contributed by atoms with van der Waals surface area (Å²) in [6, 6.07) is 12.6. The number of aromatic nitrogens is 2. The molecule has 4 rings (SSSR count). The highest BCUT2D eigenvalue weighted by Crippen LogP contribution is 2.30. The highest BCUT2D eigenvalue weighted by molar-refractivity contribution is 6.33. The fourth-order valence-corrected chi connectivity index (χ4v) is 3.93. The molecule has 3 aromatic rings. The monoisotopic (exact) mass is 476 g/mol. The number of ether oxygens (including phenoxy) is 1. The van der Waals surface area contributed by atoms with E-state index >= 15 is 0 Å². The Hall–Kier alpha value is -2.45. The summed E-state index contributed by atoms with van der Waals surface area (Å²) in [6.07, 6.45) is 2.21. The Morgan fingerprint density at radius 1 is 1.12 bits per heavy atom. The molecule has 170 valence electrons. The number of anilines is 1. The van der Waals surface area contributed by atoms with Crippen molar-refractivity contribution >= 4 is 46.4 Å². The summed E-state index contributed by atoms with van der Waals surface area (Å²) in [7, 11) is 0. The molecular formula is C23H26Cl2N4O3. The molecule has 0 radical (unpaired) electrons. The summed E-state index contributed by atoms with van der Waals surface area (Å²) in [5, 5.41) is 11.4. The zero-order valence-electron chi connectivity index (χ0n) is 17.6. The number of halogens is 2. The number of hydrogen-bond acceptors (Lipinski definition) is 5. The lowest BCUT2D eigenvalue weighted by atomic mass is 10.0. The van der Waals surface area contributed by atoms with E-state index in [4.69, 9.17) is 16.3 Å². The van der Waals surface area contributed by atoms with Crippen LogP contribution in [0.3, 0.4) is 0 Å². The molecule has 1 saturated heterocycles. The number of fused-ring (bicyclic) bond motifs is 1. The second-order valence-corrected chi connectivity index (χ2v) is 8.01. The third kappa shape index (κ3) is 5.86. The van der Waals surface area contributed by atoms with Crippen molar-refractivity contribution in [1.29, 1.82) is 0 Å². The van der Waals surface area contributed by atoms with E-state index in [9.17, 15) is 9.59 Å². The van der Waals surface area contributed by atoms with Crippen LogP contribution in [0.4, 0.5) is 5.69 Å². The Kier molecular flexibility index (Phi) is 8.64. The molecule has 2 aromatic carbocycles. The first-order valence-corrected chi connectivity index (χ1v) is 10.9.